The zero-order valence-electron chi connectivity index (χ0n) is 20.4. The van der Waals surface area contributed by atoms with Crippen molar-refractivity contribution in [2.75, 3.05) is 18.4 Å². The molecule has 0 spiro atoms. The Morgan fingerprint density at radius 2 is 1.94 bits per heavy atom. The van der Waals surface area contributed by atoms with E-state index < -0.39 is 0 Å². The van der Waals surface area contributed by atoms with E-state index in [4.69, 9.17) is 9.97 Å². The number of imidazole rings is 1. The van der Waals surface area contributed by atoms with Crippen LogP contribution in [-0.4, -0.2) is 43.4 Å². The number of likely N-dealkylation sites (tertiary alicyclic amines) is 1. The van der Waals surface area contributed by atoms with Crippen molar-refractivity contribution in [1.82, 2.24) is 24.4 Å². The van der Waals surface area contributed by atoms with Crippen LogP contribution in [0.5, 0.6) is 0 Å². The fraction of sp³-hybridized carbons (Fsp3) is 0.407. The summed E-state index contributed by atoms with van der Waals surface area (Å²) in [5.74, 6) is 3.04. The molecule has 0 saturated carbocycles. The molecule has 0 atom stereocenters. The van der Waals surface area contributed by atoms with Crippen LogP contribution in [0.1, 0.15) is 38.2 Å². The van der Waals surface area contributed by atoms with Gasteiger partial charge in [-0.25, -0.2) is 15.0 Å². The van der Waals surface area contributed by atoms with E-state index in [1.807, 2.05) is 40.6 Å². The maximum Gasteiger partial charge on any atom is 0.242 e. The number of aromatic nitrogens is 4. The van der Waals surface area contributed by atoms with Gasteiger partial charge in [0.2, 0.25) is 5.91 Å². The minimum absolute atomic E-state index is 0.185. The lowest BCUT2D eigenvalue weighted by Gasteiger charge is -2.32. The topological polar surface area (TPSA) is 75.9 Å². The second kappa shape index (κ2) is 10.6. The van der Waals surface area contributed by atoms with Gasteiger partial charge in [-0.15, -0.1) is 11.3 Å². The first kappa shape index (κ1) is 23.5. The Balaban J connectivity index is 1.19. The molecule has 1 amide bonds. The monoisotopic (exact) mass is 488 g/mol. The standard InChI is InChI=1S/C27H32N6OS/c1-19(2)16-25-30-22-7-3-4-8-23(22)33(25)18-26(34)32-13-10-20(11-14-32)17-21-6-5-9-24(29-21)31-27-28-12-15-35-27/h3-9,12,15,19-20H,10-11,13-14,16-18H2,1-2H3,(H,28,29,31). The summed E-state index contributed by atoms with van der Waals surface area (Å²) in [6, 6.07) is 14.2. The maximum atomic E-state index is 13.3. The van der Waals surface area contributed by atoms with Gasteiger partial charge in [-0.2, -0.15) is 0 Å². The van der Waals surface area contributed by atoms with E-state index in [9.17, 15) is 4.79 Å². The number of amides is 1. The van der Waals surface area contributed by atoms with E-state index in [1.165, 1.54) is 0 Å². The van der Waals surface area contributed by atoms with Crippen molar-refractivity contribution in [3.05, 3.63) is 65.6 Å². The van der Waals surface area contributed by atoms with Crippen molar-refractivity contribution in [2.45, 2.75) is 46.1 Å². The fourth-order valence-electron chi connectivity index (χ4n) is 4.80. The van der Waals surface area contributed by atoms with E-state index >= 15 is 0 Å². The minimum Gasteiger partial charge on any atom is -0.341 e. The first-order valence-corrected chi connectivity index (χ1v) is 13.3. The van der Waals surface area contributed by atoms with Crippen molar-refractivity contribution >= 4 is 39.2 Å². The van der Waals surface area contributed by atoms with Crippen LogP contribution in [0, 0.1) is 11.8 Å². The summed E-state index contributed by atoms with van der Waals surface area (Å²) >= 11 is 1.56. The number of fused-ring (bicyclic) bond motifs is 1. The zero-order chi connectivity index (χ0) is 24.2. The number of nitrogens with one attached hydrogen (secondary N) is 1. The SMILES string of the molecule is CC(C)Cc1nc2ccccc2n1CC(=O)N1CCC(Cc2cccc(Nc3nccs3)n2)CC1. The summed E-state index contributed by atoms with van der Waals surface area (Å²) in [5, 5.41) is 6.07. The van der Waals surface area contributed by atoms with Crippen molar-refractivity contribution in [2.24, 2.45) is 11.8 Å². The highest BCUT2D eigenvalue weighted by molar-refractivity contribution is 7.13. The highest BCUT2D eigenvalue weighted by Gasteiger charge is 2.25. The van der Waals surface area contributed by atoms with Gasteiger partial charge < -0.3 is 14.8 Å². The summed E-state index contributed by atoms with van der Waals surface area (Å²) in [6.07, 6.45) is 5.59. The largest absolute Gasteiger partial charge is 0.341 e. The molecule has 5 rings (SSSR count). The molecule has 35 heavy (non-hydrogen) atoms. The van der Waals surface area contributed by atoms with Crippen LogP contribution in [0.25, 0.3) is 11.0 Å². The van der Waals surface area contributed by atoms with Gasteiger partial charge in [0.15, 0.2) is 5.13 Å². The average molecular weight is 489 g/mol. The Labute approximate surface area is 210 Å². The number of piperidine rings is 1. The average Bonchev–Trinajstić information content (AvgIpc) is 3.47. The van der Waals surface area contributed by atoms with Crippen molar-refractivity contribution in [1.29, 1.82) is 0 Å². The molecule has 1 fully saturated rings. The van der Waals surface area contributed by atoms with Gasteiger partial charge in [0.1, 0.15) is 18.2 Å². The number of carbonyl (C=O) groups is 1. The van der Waals surface area contributed by atoms with Gasteiger partial charge in [-0.3, -0.25) is 4.79 Å². The molecule has 0 aliphatic carbocycles. The minimum atomic E-state index is 0.185. The first-order valence-electron chi connectivity index (χ1n) is 12.4. The Morgan fingerprint density at radius 1 is 1.11 bits per heavy atom. The van der Waals surface area contributed by atoms with Crippen LogP contribution in [0.4, 0.5) is 10.9 Å². The fourth-order valence-corrected chi connectivity index (χ4v) is 5.33. The summed E-state index contributed by atoms with van der Waals surface area (Å²) in [4.78, 5) is 29.1. The molecule has 7 nitrogen and oxygen atoms in total. The Hall–Kier alpha value is -3.26. The highest BCUT2D eigenvalue weighted by atomic mass is 32.1. The van der Waals surface area contributed by atoms with Gasteiger partial charge in [0.05, 0.1) is 11.0 Å². The number of benzene rings is 1. The number of carbonyl (C=O) groups excluding carboxylic acids is 1. The van der Waals surface area contributed by atoms with Crippen molar-refractivity contribution in [3.63, 3.8) is 0 Å². The Kier molecular flexibility index (Phi) is 7.08. The smallest absolute Gasteiger partial charge is 0.242 e. The summed E-state index contributed by atoms with van der Waals surface area (Å²) in [5.41, 5.74) is 3.09. The number of rotatable bonds is 8. The number of pyridine rings is 1. The highest BCUT2D eigenvalue weighted by Crippen LogP contribution is 2.24. The Bertz CT molecular complexity index is 1270. The number of nitrogens with zero attached hydrogens (tertiary/aromatic N) is 5. The number of para-hydroxylation sites is 2. The molecule has 0 radical (unpaired) electrons. The van der Waals surface area contributed by atoms with E-state index in [-0.39, 0.29) is 5.91 Å². The molecule has 1 aliphatic heterocycles. The van der Waals surface area contributed by atoms with E-state index in [1.54, 1.807) is 17.5 Å². The maximum absolute atomic E-state index is 13.3. The van der Waals surface area contributed by atoms with Crippen LogP contribution in [-0.2, 0) is 24.2 Å². The molecule has 4 heterocycles. The predicted octanol–water partition coefficient (Wildman–Crippen LogP) is 5.31. The molecule has 0 bridgehead atoms. The quantitative estimate of drug-likeness (QED) is 0.364. The number of anilines is 2. The van der Waals surface area contributed by atoms with Crippen molar-refractivity contribution < 1.29 is 4.79 Å². The third-order valence-corrected chi connectivity index (χ3v) is 7.25. The van der Waals surface area contributed by atoms with E-state index in [2.05, 4.69) is 40.8 Å². The summed E-state index contributed by atoms with van der Waals surface area (Å²) in [6.45, 7) is 6.34. The van der Waals surface area contributed by atoms with Crippen LogP contribution in [0.2, 0.25) is 0 Å². The van der Waals surface area contributed by atoms with E-state index in [0.29, 0.717) is 18.4 Å². The predicted molar refractivity (Wildman–Crippen MR) is 141 cm³/mol. The van der Waals surface area contributed by atoms with Crippen molar-refractivity contribution in [3.8, 4) is 0 Å². The third-order valence-electron chi connectivity index (χ3n) is 6.56. The Morgan fingerprint density at radius 3 is 2.71 bits per heavy atom. The second-order valence-corrected chi connectivity index (χ2v) is 10.6. The van der Waals surface area contributed by atoms with Gasteiger partial charge in [0, 0.05) is 36.8 Å². The normalized spacial score (nSPS) is 14.7. The van der Waals surface area contributed by atoms with Crippen LogP contribution in [0.3, 0.4) is 0 Å². The lowest BCUT2D eigenvalue weighted by Crippen LogP contribution is -2.40. The van der Waals surface area contributed by atoms with Crippen LogP contribution < -0.4 is 5.32 Å². The summed E-state index contributed by atoms with van der Waals surface area (Å²) < 4.78 is 2.12. The molecule has 3 aromatic heterocycles. The van der Waals surface area contributed by atoms with Gasteiger partial charge in [0.25, 0.3) is 0 Å². The van der Waals surface area contributed by atoms with Gasteiger partial charge in [-0.05, 0) is 55.4 Å². The van der Waals surface area contributed by atoms with Crippen LogP contribution in [0.15, 0.2) is 54.0 Å². The third kappa shape index (κ3) is 5.70. The molecule has 8 heteroatoms. The number of hydrogen-bond acceptors (Lipinski definition) is 6. The molecule has 182 valence electrons. The second-order valence-electron chi connectivity index (χ2n) is 9.71. The lowest BCUT2D eigenvalue weighted by molar-refractivity contribution is -0.133. The molecule has 0 unspecified atom stereocenters. The number of hydrogen-bond donors (Lipinski definition) is 1. The van der Waals surface area contributed by atoms with Crippen LogP contribution >= 0.6 is 11.3 Å². The number of thiazole rings is 1. The molecule has 1 aromatic carbocycles. The lowest BCUT2D eigenvalue weighted by atomic mass is 9.92. The molecule has 1 saturated heterocycles. The molecule has 4 aromatic rings. The van der Waals surface area contributed by atoms with Gasteiger partial charge >= 0.3 is 0 Å². The van der Waals surface area contributed by atoms with Gasteiger partial charge in [-0.1, -0.05) is 32.0 Å². The molecule has 1 aliphatic rings. The summed E-state index contributed by atoms with van der Waals surface area (Å²) in [7, 11) is 0. The molecule has 1 N–H and O–H groups in total. The molecular formula is C27H32N6OS. The zero-order valence-corrected chi connectivity index (χ0v) is 21.2. The first-order chi connectivity index (χ1) is 17.0. The van der Waals surface area contributed by atoms with E-state index in [0.717, 1.165) is 72.3 Å². The molecular weight excluding hydrogens is 456 g/mol.